The number of rotatable bonds is 16. The molecule has 0 aliphatic carbocycles. The van der Waals surface area contributed by atoms with Crippen molar-refractivity contribution in [3.8, 4) is 16.9 Å². The van der Waals surface area contributed by atoms with Crippen LogP contribution >= 0.6 is 0 Å². The van der Waals surface area contributed by atoms with E-state index in [0.717, 1.165) is 48.1 Å². The number of ketones is 1. The molecular weight excluding hydrogens is 853 g/mol. The van der Waals surface area contributed by atoms with Crippen LogP contribution in [-0.4, -0.2) is 88.6 Å². The first-order chi connectivity index (χ1) is 32.5. The fourth-order valence-corrected chi connectivity index (χ4v) is 9.01. The number of ether oxygens (including phenoxy) is 4. The van der Waals surface area contributed by atoms with Crippen LogP contribution in [0.1, 0.15) is 93.8 Å². The number of hydrogen-bond donors (Lipinski definition) is 2. The zero-order valence-corrected chi connectivity index (χ0v) is 38.3. The van der Waals surface area contributed by atoms with Gasteiger partial charge in [0.25, 0.3) is 11.8 Å². The highest BCUT2D eigenvalue weighted by Crippen LogP contribution is 2.40. The Morgan fingerprint density at radius 3 is 2.39 bits per heavy atom. The van der Waals surface area contributed by atoms with Crippen LogP contribution in [0.2, 0.25) is 0 Å². The lowest BCUT2D eigenvalue weighted by Crippen LogP contribution is -2.57. The van der Waals surface area contributed by atoms with E-state index in [4.69, 9.17) is 18.9 Å². The smallest absolute Gasteiger partial charge is 0.416 e. The number of hydrogen-bond acceptors (Lipinski definition) is 9. The number of benzene rings is 3. The second-order valence-electron chi connectivity index (χ2n) is 17.3. The summed E-state index contributed by atoms with van der Waals surface area (Å²) in [6, 6.07) is 23.5. The molecule has 5 aromatic rings. The van der Waals surface area contributed by atoms with E-state index in [9.17, 15) is 24.0 Å². The quantitative estimate of drug-likeness (QED) is 0.0560. The van der Waals surface area contributed by atoms with Crippen LogP contribution in [0.15, 0.2) is 104 Å². The maximum atomic E-state index is 14.2. The Bertz CT molecular complexity index is 2610. The first-order valence-corrected chi connectivity index (χ1v) is 23.0. The molecule has 15 nitrogen and oxygen atoms in total. The molecule has 2 aromatic heterocycles. The molecule has 3 aliphatic heterocycles. The van der Waals surface area contributed by atoms with Gasteiger partial charge in [-0.25, -0.2) is 9.69 Å². The summed E-state index contributed by atoms with van der Waals surface area (Å²) in [5.41, 5.74) is 6.20. The van der Waals surface area contributed by atoms with Gasteiger partial charge in [0.1, 0.15) is 18.1 Å². The van der Waals surface area contributed by atoms with Gasteiger partial charge in [-0.1, -0.05) is 55.1 Å². The predicted molar refractivity (Wildman–Crippen MR) is 254 cm³/mol. The topological polar surface area (TPSA) is 163 Å². The van der Waals surface area contributed by atoms with Crippen molar-refractivity contribution in [1.29, 1.82) is 0 Å². The van der Waals surface area contributed by atoms with Gasteiger partial charge in [-0.15, -0.1) is 0 Å². The van der Waals surface area contributed by atoms with Gasteiger partial charge in [-0.05, 0) is 98.9 Å². The molecule has 5 heterocycles. The van der Waals surface area contributed by atoms with Crippen LogP contribution in [0.4, 0.5) is 21.9 Å². The SMILES string of the molecule is C=CCOC(=O)N1c2cc(OCCCC(=O)Nc3cc(C(=O)Cc4ccc(-c5cc(C(=O)Nc6ccccc6)n(C)c5)cc4)n(C)c3)c(C)cc2C(=O)N2CCCC[C@H]2C1OC1CCCCO1. The second kappa shape index (κ2) is 21.1. The van der Waals surface area contributed by atoms with Crippen molar-refractivity contribution in [3.63, 3.8) is 0 Å². The number of carbonyl (C=O) groups is 5. The lowest BCUT2D eigenvalue weighted by atomic mass is 10.00. The molecule has 3 atom stereocenters. The molecule has 2 saturated heterocycles. The van der Waals surface area contributed by atoms with E-state index in [2.05, 4.69) is 17.2 Å². The van der Waals surface area contributed by atoms with E-state index in [1.54, 1.807) is 40.6 Å². The van der Waals surface area contributed by atoms with Crippen LogP contribution in [0.3, 0.4) is 0 Å². The van der Waals surface area contributed by atoms with Gasteiger partial charge in [0.2, 0.25) is 5.91 Å². The molecule has 0 radical (unpaired) electrons. The number of fused-ring (bicyclic) bond motifs is 2. The number of para-hydroxylation sites is 1. The highest BCUT2D eigenvalue weighted by atomic mass is 16.7. The second-order valence-corrected chi connectivity index (χ2v) is 17.3. The third-order valence-electron chi connectivity index (χ3n) is 12.4. The van der Waals surface area contributed by atoms with E-state index in [1.807, 2.05) is 85.7 Å². The molecular formula is C52H58N6O9. The molecule has 2 N–H and O–H groups in total. The number of nitrogens with zero attached hydrogens (tertiary/aromatic N) is 4. The molecule has 15 heteroatoms. The van der Waals surface area contributed by atoms with Crippen molar-refractivity contribution in [2.75, 3.05) is 41.9 Å². The van der Waals surface area contributed by atoms with Crippen LogP contribution in [0, 0.1) is 6.92 Å². The van der Waals surface area contributed by atoms with Gasteiger partial charge < -0.3 is 43.6 Å². The van der Waals surface area contributed by atoms with Crippen molar-refractivity contribution < 1.29 is 42.9 Å². The Balaban J connectivity index is 0.874. The van der Waals surface area contributed by atoms with Gasteiger partial charge in [0, 0.05) is 69.8 Å². The van der Waals surface area contributed by atoms with E-state index in [1.165, 1.54) is 11.0 Å². The highest BCUT2D eigenvalue weighted by molar-refractivity contribution is 6.06. The van der Waals surface area contributed by atoms with Gasteiger partial charge in [0.15, 0.2) is 18.3 Å². The van der Waals surface area contributed by atoms with Crippen molar-refractivity contribution in [3.05, 3.63) is 132 Å². The number of carbonyl (C=O) groups excluding carboxylic acids is 5. The minimum absolute atomic E-state index is 0.0241. The third kappa shape index (κ3) is 10.8. The standard InChI is InChI=1S/C52H58N6O9/c1-5-24-66-52(63)58-42-31-46(34(2)27-40(42)50(62)57-23-11-9-16-41(57)51(58)67-48-18-10-12-25-65-48)64-26-13-17-47(60)53-39-30-43(56(4)33-39)45(59)28-35-19-21-36(22-20-35)37-29-44(55(3)32-37)49(61)54-38-14-7-6-8-15-38/h5-8,14-15,19-22,27,29-33,41,48,51H,1,9-13,16-18,23-26,28H2,2-4H3,(H,53,60)(H,54,61)/t41-,48?,51?/m0/s1. The molecule has 3 aromatic carbocycles. The number of nitrogens with one attached hydrogen (secondary N) is 2. The Labute approximate surface area is 390 Å². The summed E-state index contributed by atoms with van der Waals surface area (Å²) in [5, 5.41) is 5.83. The van der Waals surface area contributed by atoms with Crippen LogP contribution in [0.25, 0.3) is 11.1 Å². The van der Waals surface area contributed by atoms with Crippen LogP contribution in [-0.2, 0) is 39.5 Å². The number of Topliss-reactive ketones (excluding diaryl/α,β-unsaturated/α-hetero) is 1. The summed E-state index contributed by atoms with van der Waals surface area (Å²) in [7, 11) is 3.59. The third-order valence-corrected chi connectivity index (χ3v) is 12.4. The number of piperidine rings is 1. The molecule has 8 rings (SSSR count). The minimum Gasteiger partial charge on any atom is -0.493 e. The normalized spacial score (nSPS) is 18.0. The van der Waals surface area contributed by atoms with Crippen molar-refractivity contribution in [1.82, 2.24) is 14.0 Å². The fraction of sp³-hybridized carbons (Fsp3) is 0.365. The summed E-state index contributed by atoms with van der Waals surface area (Å²) in [4.78, 5) is 71.0. The summed E-state index contributed by atoms with van der Waals surface area (Å²) < 4.78 is 27.9. The van der Waals surface area contributed by atoms with E-state index < -0.39 is 24.7 Å². The van der Waals surface area contributed by atoms with Gasteiger partial charge in [0.05, 0.1) is 35.3 Å². The Morgan fingerprint density at radius 2 is 1.63 bits per heavy atom. The maximum absolute atomic E-state index is 14.2. The first-order valence-electron chi connectivity index (χ1n) is 23.0. The number of aromatic nitrogens is 2. The number of aryl methyl sites for hydroxylation is 3. The minimum atomic E-state index is -0.858. The first kappa shape index (κ1) is 46.6. The molecule has 0 spiro atoms. The molecule has 3 aliphatic rings. The average Bonchev–Trinajstić information content (AvgIpc) is 3.89. The zero-order chi connectivity index (χ0) is 47.0. The summed E-state index contributed by atoms with van der Waals surface area (Å²) in [6.07, 6.45) is 8.62. The summed E-state index contributed by atoms with van der Waals surface area (Å²) >= 11 is 0. The zero-order valence-electron chi connectivity index (χ0n) is 38.3. The average molecular weight is 911 g/mol. The van der Waals surface area contributed by atoms with Crippen LogP contribution in [0.5, 0.6) is 5.75 Å². The Kier molecular flexibility index (Phi) is 14.7. The molecule has 0 bridgehead atoms. The molecule has 4 amide bonds. The van der Waals surface area contributed by atoms with Gasteiger partial charge in [-0.3, -0.25) is 19.2 Å². The van der Waals surface area contributed by atoms with Crippen molar-refractivity contribution in [2.45, 2.75) is 83.3 Å². The fourth-order valence-electron chi connectivity index (χ4n) is 9.01. The van der Waals surface area contributed by atoms with Crippen LogP contribution < -0.4 is 20.3 Å². The lowest BCUT2D eigenvalue weighted by molar-refractivity contribution is -0.198. The van der Waals surface area contributed by atoms with E-state index in [-0.39, 0.29) is 49.6 Å². The monoisotopic (exact) mass is 910 g/mol. The summed E-state index contributed by atoms with van der Waals surface area (Å²) in [6.45, 7) is 6.79. The predicted octanol–water partition coefficient (Wildman–Crippen LogP) is 8.82. The largest absolute Gasteiger partial charge is 0.493 e. The van der Waals surface area contributed by atoms with E-state index in [0.29, 0.717) is 72.1 Å². The summed E-state index contributed by atoms with van der Waals surface area (Å²) in [5.74, 6) is -0.284. The molecule has 0 saturated carbocycles. The number of amides is 4. The van der Waals surface area contributed by atoms with Crippen molar-refractivity contribution >= 4 is 46.7 Å². The molecule has 350 valence electrons. The lowest BCUT2D eigenvalue weighted by Gasteiger charge is -2.42. The number of anilines is 3. The van der Waals surface area contributed by atoms with Crippen molar-refractivity contribution in [2.24, 2.45) is 14.1 Å². The molecule has 2 unspecified atom stereocenters. The molecule has 67 heavy (non-hydrogen) atoms. The Hall–Kier alpha value is -6.97. The molecule has 2 fully saturated rings. The maximum Gasteiger partial charge on any atom is 0.416 e. The van der Waals surface area contributed by atoms with Gasteiger partial charge >= 0.3 is 6.09 Å². The highest BCUT2D eigenvalue weighted by Gasteiger charge is 2.46. The van der Waals surface area contributed by atoms with Gasteiger partial charge in [-0.2, -0.15) is 0 Å². The van der Waals surface area contributed by atoms with E-state index >= 15 is 0 Å². The Morgan fingerprint density at radius 1 is 0.851 bits per heavy atom.